The van der Waals surface area contributed by atoms with Crippen molar-refractivity contribution in [3.63, 3.8) is 0 Å². The maximum absolute atomic E-state index is 14.2. The van der Waals surface area contributed by atoms with Crippen LogP contribution < -0.4 is 5.32 Å². The number of fused-ring (bicyclic) bond motifs is 2. The number of ether oxygens (including phenoxy) is 1. The predicted molar refractivity (Wildman–Crippen MR) is 123 cm³/mol. The number of piperidine rings is 1. The van der Waals surface area contributed by atoms with Crippen LogP contribution in [0.25, 0.3) is 0 Å². The van der Waals surface area contributed by atoms with Crippen LogP contribution in [0, 0.1) is 17.3 Å². The first kappa shape index (κ1) is 23.7. The number of hydrogen-bond donors (Lipinski definition) is 2. The number of hydrogen-bond acceptors (Lipinski definition) is 5. The number of aromatic amines is 1. The number of likely N-dealkylation sites (tertiary alicyclic amines) is 1. The number of H-pyrrole nitrogens is 1. The summed E-state index contributed by atoms with van der Waals surface area (Å²) in [6.45, 7) is 6.11. The molecular weight excluding hydrogens is 458 g/mol. The lowest BCUT2D eigenvalue weighted by atomic mass is 9.87. The van der Waals surface area contributed by atoms with Gasteiger partial charge in [0.1, 0.15) is 0 Å². The third-order valence-electron chi connectivity index (χ3n) is 7.94. The van der Waals surface area contributed by atoms with Crippen LogP contribution in [-0.2, 0) is 24.1 Å². The second-order valence-electron chi connectivity index (χ2n) is 10.3. The Labute approximate surface area is 202 Å². The molecule has 190 valence electrons. The molecule has 5 rings (SSSR count). The Hall–Kier alpha value is -2.98. The van der Waals surface area contributed by atoms with E-state index in [4.69, 9.17) is 4.74 Å². The number of amides is 2. The van der Waals surface area contributed by atoms with E-state index in [0.717, 1.165) is 25.7 Å². The SMILES string of the molecule is CCCCOC(=O)N1CCC(Cn2cc(NC(=O)c3n[nH]c4c3C[C@@H]3C(F)(F)[C@]3(C)C4)cn2)CC1. The quantitative estimate of drug-likeness (QED) is 0.573. The van der Waals surface area contributed by atoms with E-state index in [1.165, 1.54) is 0 Å². The molecule has 0 radical (unpaired) electrons. The average molecular weight is 491 g/mol. The van der Waals surface area contributed by atoms with Crippen LogP contribution >= 0.6 is 0 Å². The summed E-state index contributed by atoms with van der Waals surface area (Å²) in [4.78, 5) is 26.7. The largest absolute Gasteiger partial charge is 0.449 e. The summed E-state index contributed by atoms with van der Waals surface area (Å²) in [5.41, 5.74) is 0.890. The van der Waals surface area contributed by atoms with Gasteiger partial charge in [-0.15, -0.1) is 0 Å². The van der Waals surface area contributed by atoms with Crippen LogP contribution in [0.2, 0.25) is 0 Å². The minimum absolute atomic E-state index is 0.155. The number of alkyl halides is 2. The average Bonchev–Trinajstić information content (AvgIpc) is 3.24. The van der Waals surface area contributed by atoms with Gasteiger partial charge in [0.05, 0.1) is 18.5 Å². The minimum atomic E-state index is -2.70. The number of aromatic nitrogens is 4. The van der Waals surface area contributed by atoms with Gasteiger partial charge in [-0.25, -0.2) is 13.6 Å². The summed E-state index contributed by atoms with van der Waals surface area (Å²) < 4.78 is 35.4. The molecule has 1 aliphatic heterocycles. The van der Waals surface area contributed by atoms with Crippen molar-refractivity contribution in [3.8, 4) is 0 Å². The van der Waals surface area contributed by atoms with Crippen molar-refractivity contribution < 1.29 is 23.1 Å². The molecule has 3 aliphatic rings. The van der Waals surface area contributed by atoms with Crippen LogP contribution in [0.3, 0.4) is 0 Å². The first-order chi connectivity index (χ1) is 16.7. The summed E-state index contributed by atoms with van der Waals surface area (Å²) >= 11 is 0. The van der Waals surface area contributed by atoms with Crippen molar-refractivity contribution in [2.45, 2.75) is 64.8 Å². The molecule has 11 heteroatoms. The highest BCUT2D eigenvalue weighted by Gasteiger charge is 2.78. The topological polar surface area (TPSA) is 105 Å². The van der Waals surface area contributed by atoms with Gasteiger partial charge in [0.15, 0.2) is 5.69 Å². The van der Waals surface area contributed by atoms with Crippen molar-refractivity contribution in [3.05, 3.63) is 29.3 Å². The van der Waals surface area contributed by atoms with Crippen molar-refractivity contribution in [1.82, 2.24) is 24.9 Å². The Morgan fingerprint density at radius 1 is 1.31 bits per heavy atom. The fourth-order valence-electron chi connectivity index (χ4n) is 5.47. The lowest BCUT2D eigenvalue weighted by Gasteiger charge is -2.31. The van der Waals surface area contributed by atoms with Gasteiger partial charge in [-0.1, -0.05) is 20.3 Å². The normalized spacial score (nSPS) is 25.0. The number of carbonyl (C=O) groups excluding carboxylic acids is 2. The van der Waals surface area contributed by atoms with E-state index in [-0.39, 0.29) is 24.6 Å². The van der Waals surface area contributed by atoms with Gasteiger partial charge < -0.3 is 15.0 Å². The van der Waals surface area contributed by atoms with Crippen LogP contribution in [0.4, 0.5) is 19.3 Å². The number of unbranched alkanes of at least 4 members (excludes halogenated alkanes) is 1. The standard InChI is InChI=1S/C24H32F2N6O3/c1-3-4-9-35-22(34)31-7-5-15(6-8-31)13-32-14-16(12-27-32)28-21(33)20-17-10-19-23(2,24(19,25)26)11-18(17)29-30-20/h12,14-15,19H,3-11,13H2,1-2H3,(H,28,33)(H,29,30)/t19-,23+/m0/s1. The summed E-state index contributed by atoms with van der Waals surface area (Å²) in [7, 11) is 0. The highest BCUT2D eigenvalue weighted by atomic mass is 19.3. The molecule has 1 saturated heterocycles. The summed E-state index contributed by atoms with van der Waals surface area (Å²) in [6, 6.07) is 0. The highest BCUT2D eigenvalue weighted by molar-refractivity contribution is 6.04. The predicted octanol–water partition coefficient (Wildman–Crippen LogP) is 3.88. The van der Waals surface area contributed by atoms with E-state index in [9.17, 15) is 18.4 Å². The maximum Gasteiger partial charge on any atom is 0.409 e. The van der Waals surface area contributed by atoms with E-state index in [0.29, 0.717) is 49.1 Å². The smallest absolute Gasteiger partial charge is 0.409 e. The van der Waals surface area contributed by atoms with Crippen molar-refractivity contribution in [2.75, 3.05) is 25.0 Å². The number of rotatable bonds is 7. The molecule has 2 N–H and O–H groups in total. The van der Waals surface area contributed by atoms with E-state index in [1.807, 2.05) is 0 Å². The van der Waals surface area contributed by atoms with E-state index in [2.05, 4.69) is 27.5 Å². The van der Waals surface area contributed by atoms with Crippen LogP contribution in [0.15, 0.2) is 12.4 Å². The molecule has 9 nitrogen and oxygen atoms in total. The Morgan fingerprint density at radius 2 is 2.09 bits per heavy atom. The number of nitrogens with one attached hydrogen (secondary N) is 2. The third-order valence-corrected chi connectivity index (χ3v) is 7.94. The zero-order valence-corrected chi connectivity index (χ0v) is 20.1. The van der Waals surface area contributed by atoms with Gasteiger partial charge in [-0.2, -0.15) is 10.2 Å². The van der Waals surface area contributed by atoms with Gasteiger partial charge in [0.2, 0.25) is 0 Å². The number of nitrogens with zero attached hydrogens (tertiary/aromatic N) is 4. The highest BCUT2D eigenvalue weighted by Crippen LogP contribution is 2.70. The van der Waals surface area contributed by atoms with Crippen molar-refractivity contribution in [2.24, 2.45) is 17.3 Å². The minimum Gasteiger partial charge on any atom is -0.449 e. The summed E-state index contributed by atoms with van der Waals surface area (Å²) in [5.74, 6) is -3.50. The summed E-state index contributed by atoms with van der Waals surface area (Å²) in [5, 5.41) is 14.1. The fraction of sp³-hybridized carbons (Fsp3) is 0.667. The van der Waals surface area contributed by atoms with Crippen LogP contribution in [0.1, 0.15) is 61.3 Å². The third kappa shape index (κ3) is 4.29. The molecule has 2 fully saturated rings. The lowest BCUT2D eigenvalue weighted by molar-refractivity contribution is 0.0630. The Bertz CT molecular complexity index is 1110. The molecule has 0 unspecified atom stereocenters. The molecule has 0 bridgehead atoms. The van der Waals surface area contributed by atoms with Gasteiger partial charge in [0, 0.05) is 54.8 Å². The maximum atomic E-state index is 14.2. The molecule has 2 aliphatic carbocycles. The molecule has 2 amide bonds. The first-order valence-electron chi connectivity index (χ1n) is 12.4. The Balaban J connectivity index is 1.12. The second-order valence-corrected chi connectivity index (χ2v) is 10.3. The van der Waals surface area contributed by atoms with E-state index < -0.39 is 23.2 Å². The molecule has 0 spiro atoms. The molecule has 2 aromatic heterocycles. The number of halogens is 2. The van der Waals surface area contributed by atoms with Crippen LogP contribution in [-0.4, -0.2) is 62.5 Å². The molecule has 1 saturated carbocycles. The molecule has 3 heterocycles. The van der Waals surface area contributed by atoms with Gasteiger partial charge in [-0.05, 0) is 31.6 Å². The van der Waals surface area contributed by atoms with Crippen LogP contribution in [0.5, 0.6) is 0 Å². The zero-order valence-electron chi connectivity index (χ0n) is 20.1. The molecule has 0 aromatic carbocycles. The second kappa shape index (κ2) is 8.91. The van der Waals surface area contributed by atoms with Crippen molar-refractivity contribution in [1.29, 1.82) is 0 Å². The molecule has 2 atom stereocenters. The molecule has 35 heavy (non-hydrogen) atoms. The van der Waals surface area contributed by atoms with Gasteiger partial charge in [0.25, 0.3) is 11.8 Å². The van der Waals surface area contributed by atoms with E-state index >= 15 is 0 Å². The monoisotopic (exact) mass is 490 g/mol. The van der Waals surface area contributed by atoms with Gasteiger partial charge >= 0.3 is 6.09 Å². The number of anilines is 1. The fourth-order valence-corrected chi connectivity index (χ4v) is 5.47. The Morgan fingerprint density at radius 3 is 2.83 bits per heavy atom. The first-order valence-corrected chi connectivity index (χ1v) is 12.4. The summed E-state index contributed by atoms with van der Waals surface area (Å²) in [6.07, 6.45) is 7.02. The van der Waals surface area contributed by atoms with E-state index in [1.54, 1.807) is 28.9 Å². The number of carbonyl (C=O) groups is 2. The lowest BCUT2D eigenvalue weighted by Crippen LogP contribution is -2.39. The van der Waals surface area contributed by atoms with Gasteiger partial charge in [-0.3, -0.25) is 14.6 Å². The zero-order chi connectivity index (χ0) is 24.8. The molecule has 2 aromatic rings. The molecular formula is C24H32F2N6O3. The Kier molecular flexibility index (Phi) is 6.04. The van der Waals surface area contributed by atoms with Crippen molar-refractivity contribution >= 4 is 17.7 Å².